The molecule has 0 spiro atoms. The molecule has 118 valence electrons. The lowest BCUT2D eigenvalue weighted by Gasteiger charge is -2.08. The Bertz CT molecular complexity index is 857. The summed E-state index contributed by atoms with van der Waals surface area (Å²) in [5, 5.41) is 8.66. The number of benzene rings is 1. The number of nitrogens with zero attached hydrogens (tertiary/aromatic N) is 3. The van der Waals surface area contributed by atoms with Gasteiger partial charge in [-0.25, -0.2) is 9.67 Å². The molecule has 0 aliphatic heterocycles. The monoisotopic (exact) mass is 328 g/mol. The van der Waals surface area contributed by atoms with Gasteiger partial charge < -0.3 is 5.32 Å². The Kier molecular flexibility index (Phi) is 4.30. The first-order chi connectivity index (χ1) is 11.0. The summed E-state index contributed by atoms with van der Waals surface area (Å²) in [6, 6.07) is 9.43. The summed E-state index contributed by atoms with van der Waals surface area (Å²) in [6.45, 7) is 4.10. The highest BCUT2D eigenvalue weighted by Gasteiger charge is 2.10. The van der Waals surface area contributed by atoms with Gasteiger partial charge >= 0.3 is 0 Å². The van der Waals surface area contributed by atoms with Crippen LogP contribution in [0, 0.1) is 0 Å². The van der Waals surface area contributed by atoms with Crippen molar-refractivity contribution in [3.63, 3.8) is 0 Å². The van der Waals surface area contributed by atoms with E-state index in [2.05, 4.69) is 15.4 Å². The second kappa shape index (κ2) is 6.38. The van der Waals surface area contributed by atoms with Crippen LogP contribution in [0.15, 0.2) is 42.7 Å². The van der Waals surface area contributed by atoms with Crippen LogP contribution in [0.25, 0.3) is 11.0 Å². The van der Waals surface area contributed by atoms with Crippen LogP contribution in [0.5, 0.6) is 0 Å². The number of anilines is 1. The number of aromatic nitrogens is 3. The summed E-state index contributed by atoms with van der Waals surface area (Å²) in [5.41, 5.74) is 2.26. The topological polar surface area (TPSA) is 59.8 Å². The van der Waals surface area contributed by atoms with Crippen LogP contribution in [0.4, 0.5) is 5.69 Å². The third-order valence-electron chi connectivity index (χ3n) is 3.52. The Labute approximate surface area is 139 Å². The molecule has 0 fully saturated rings. The number of halogens is 1. The molecule has 0 saturated carbocycles. The average molecular weight is 329 g/mol. The van der Waals surface area contributed by atoms with E-state index in [1.165, 1.54) is 0 Å². The number of carbonyl (C=O) groups excluding carboxylic acids is 1. The first kappa shape index (κ1) is 15.5. The van der Waals surface area contributed by atoms with Crippen LogP contribution < -0.4 is 5.32 Å². The molecule has 5 nitrogen and oxygen atoms in total. The van der Waals surface area contributed by atoms with Gasteiger partial charge in [0.05, 0.1) is 24.5 Å². The summed E-state index contributed by atoms with van der Waals surface area (Å²) in [7, 11) is 0. The number of amides is 1. The Hall–Kier alpha value is -2.40. The minimum atomic E-state index is -0.129. The lowest BCUT2D eigenvalue weighted by molar-refractivity contribution is -0.115. The van der Waals surface area contributed by atoms with Gasteiger partial charge in [-0.2, -0.15) is 5.10 Å². The Balaban J connectivity index is 1.76. The Morgan fingerprint density at radius 2 is 2.09 bits per heavy atom. The van der Waals surface area contributed by atoms with E-state index in [9.17, 15) is 4.79 Å². The van der Waals surface area contributed by atoms with Crippen molar-refractivity contribution in [3.05, 3.63) is 53.3 Å². The van der Waals surface area contributed by atoms with E-state index in [4.69, 9.17) is 11.6 Å². The van der Waals surface area contributed by atoms with Gasteiger partial charge in [0.25, 0.3) is 0 Å². The number of hydrogen-bond acceptors (Lipinski definition) is 3. The normalized spacial score (nSPS) is 11.1. The van der Waals surface area contributed by atoms with Gasteiger partial charge in [-0.05, 0) is 31.5 Å². The fourth-order valence-electron chi connectivity index (χ4n) is 2.41. The SMILES string of the molecule is CC(C)n1ncc2cc(NC(=O)Cc3ccccc3Cl)cnc21. The molecule has 0 aliphatic rings. The second-order valence-electron chi connectivity index (χ2n) is 5.64. The molecule has 3 rings (SSSR count). The molecule has 2 aromatic heterocycles. The number of nitrogens with one attached hydrogen (secondary N) is 1. The van der Waals surface area contributed by atoms with Crippen LogP contribution >= 0.6 is 11.6 Å². The summed E-state index contributed by atoms with van der Waals surface area (Å²) < 4.78 is 1.85. The predicted octanol–water partition coefficient (Wildman–Crippen LogP) is 3.85. The minimum Gasteiger partial charge on any atom is -0.324 e. The zero-order valence-corrected chi connectivity index (χ0v) is 13.7. The van der Waals surface area contributed by atoms with E-state index < -0.39 is 0 Å². The van der Waals surface area contributed by atoms with Crippen molar-refractivity contribution in [3.8, 4) is 0 Å². The number of hydrogen-bond donors (Lipinski definition) is 1. The molecule has 0 aliphatic carbocycles. The fraction of sp³-hybridized carbons (Fsp3) is 0.235. The smallest absolute Gasteiger partial charge is 0.228 e. The molecule has 6 heteroatoms. The summed E-state index contributed by atoms with van der Waals surface area (Å²) >= 11 is 6.08. The molecule has 0 radical (unpaired) electrons. The van der Waals surface area contributed by atoms with E-state index in [1.54, 1.807) is 18.5 Å². The third kappa shape index (κ3) is 3.35. The lowest BCUT2D eigenvalue weighted by atomic mass is 10.1. The van der Waals surface area contributed by atoms with Crippen molar-refractivity contribution in [1.29, 1.82) is 0 Å². The largest absolute Gasteiger partial charge is 0.324 e. The zero-order valence-electron chi connectivity index (χ0n) is 13.0. The van der Waals surface area contributed by atoms with E-state index in [0.717, 1.165) is 16.6 Å². The van der Waals surface area contributed by atoms with Gasteiger partial charge in [0.1, 0.15) is 0 Å². The molecular formula is C17H17ClN4O. The summed E-state index contributed by atoms with van der Waals surface area (Å²) in [6.07, 6.45) is 3.63. The molecule has 1 aromatic carbocycles. The van der Waals surface area contributed by atoms with E-state index >= 15 is 0 Å². The van der Waals surface area contributed by atoms with Gasteiger partial charge in [0.15, 0.2) is 5.65 Å². The van der Waals surface area contributed by atoms with Crippen molar-refractivity contribution in [2.24, 2.45) is 0 Å². The fourth-order valence-corrected chi connectivity index (χ4v) is 2.61. The molecule has 1 N–H and O–H groups in total. The molecule has 0 bridgehead atoms. The van der Waals surface area contributed by atoms with Crippen molar-refractivity contribution >= 4 is 34.2 Å². The van der Waals surface area contributed by atoms with Gasteiger partial charge in [-0.15, -0.1) is 0 Å². The van der Waals surface area contributed by atoms with Gasteiger partial charge in [0.2, 0.25) is 5.91 Å². The molecule has 0 atom stereocenters. The highest BCUT2D eigenvalue weighted by Crippen LogP contribution is 2.20. The number of rotatable bonds is 4. The highest BCUT2D eigenvalue weighted by molar-refractivity contribution is 6.31. The first-order valence-electron chi connectivity index (χ1n) is 7.41. The van der Waals surface area contributed by atoms with Crippen LogP contribution in [-0.4, -0.2) is 20.7 Å². The minimum absolute atomic E-state index is 0.129. The molecular weight excluding hydrogens is 312 g/mol. The maximum absolute atomic E-state index is 12.2. The van der Waals surface area contributed by atoms with Gasteiger partial charge in [-0.3, -0.25) is 4.79 Å². The molecule has 0 saturated heterocycles. The lowest BCUT2D eigenvalue weighted by Crippen LogP contribution is -2.14. The number of carbonyl (C=O) groups is 1. The molecule has 1 amide bonds. The van der Waals surface area contributed by atoms with Crippen LogP contribution in [0.1, 0.15) is 25.5 Å². The number of pyridine rings is 1. The van der Waals surface area contributed by atoms with E-state index in [0.29, 0.717) is 10.7 Å². The standard InChI is InChI=1S/C17H17ClN4O/c1-11(2)22-17-13(9-20-22)7-14(10-19-17)21-16(23)8-12-5-3-4-6-15(12)18/h3-7,9-11H,8H2,1-2H3,(H,21,23). The van der Waals surface area contributed by atoms with E-state index in [1.807, 2.05) is 42.8 Å². The van der Waals surface area contributed by atoms with Crippen molar-refractivity contribution in [2.75, 3.05) is 5.32 Å². The van der Waals surface area contributed by atoms with Crippen LogP contribution in [0.3, 0.4) is 0 Å². The quantitative estimate of drug-likeness (QED) is 0.791. The zero-order chi connectivity index (χ0) is 16.4. The maximum Gasteiger partial charge on any atom is 0.228 e. The Morgan fingerprint density at radius 1 is 1.30 bits per heavy atom. The van der Waals surface area contributed by atoms with Crippen LogP contribution in [0.2, 0.25) is 5.02 Å². The van der Waals surface area contributed by atoms with Crippen LogP contribution in [-0.2, 0) is 11.2 Å². The highest BCUT2D eigenvalue weighted by atomic mass is 35.5. The van der Waals surface area contributed by atoms with E-state index in [-0.39, 0.29) is 18.4 Å². The van der Waals surface area contributed by atoms with Crippen molar-refractivity contribution < 1.29 is 4.79 Å². The number of fused-ring (bicyclic) bond motifs is 1. The van der Waals surface area contributed by atoms with Crippen molar-refractivity contribution in [2.45, 2.75) is 26.3 Å². The summed E-state index contributed by atoms with van der Waals surface area (Å²) in [5.74, 6) is -0.129. The maximum atomic E-state index is 12.2. The summed E-state index contributed by atoms with van der Waals surface area (Å²) in [4.78, 5) is 16.6. The third-order valence-corrected chi connectivity index (χ3v) is 3.88. The molecule has 3 aromatic rings. The first-order valence-corrected chi connectivity index (χ1v) is 7.79. The second-order valence-corrected chi connectivity index (χ2v) is 6.04. The molecule has 2 heterocycles. The van der Waals surface area contributed by atoms with Gasteiger partial charge in [-0.1, -0.05) is 29.8 Å². The average Bonchev–Trinajstić information content (AvgIpc) is 2.93. The molecule has 23 heavy (non-hydrogen) atoms. The van der Waals surface area contributed by atoms with Gasteiger partial charge in [0, 0.05) is 16.5 Å². The predicted molar refractivity (Wildman–Crippen MR) is 91.7 cm³/mol. The molecule has 0 unspecified atom stereocenters. The Morgan fingerprint density at radius 3 is 2.83 bits per heavy atom. The van der Waals surface area contributed by atoms with Crippen molar-refractivity contribution in [1.82, 2.24) is 14.8 Å².